The van der Waals surface area contributed by atoms with Gasteiger partial charge in [-0.25, -0.2) is 9.18 Å². The van der Waals surface area contributed by atoms with Crippen molar-refractivity contribution in [2.75, 3.05) is 11.9 Å². The number of ether oxygens (including phenoxy) is 1. The Hall–Kier alpha value is -1.95. The lowest BCUT2D eigenvalue weighted by Crippen LogP contribution is -2.32. The molecule has 0 aliphatic carbocycles. The number of carbonyl (C=O) groups is 2. The van der Waals surface area contributed by atoms with Crippen LogP contribution < -0.4 is 5.32 Å². The zero-order valence-electron chi connectivity index (χ0n) is 11.1. The van der Waals surface area contributed by atoms with E-state index >= 15 is 0 Å². The predicted octanol–water partition coefficient (Wildman–Crippen LogP) is 2.28. The first-order valence-corrected chi connectivity index (χ1v) is 6.42. The van der Waals surface area contributed by atoms with Crippen LogP contribution in [0.1, 0.15) is 30.1 Å². The minimum atomic E-state index is -1.17. The third-order valence-corrected chi connectivity index (χ3v) is 3.33. The maximum Gasteiger partial charge on any atom is 0.335 e. The van der Waals surface area contributed by atoms with E-state index in [1.807, 2.05) is 6.92 Å². The molecule has 0 aromatic heterocycles. The van der Waals surface area contributed by atoms with Crippen LogP contribution in [0.2, 0.25) is 0 Å². The smallest absolute Gasteiger partial charge is 0.335 e. The number of hydrogen-bond acceptors (Lipinski definition) is 3. The van der Waals surface area contributed by atoms with Crippen LogP contribution in [0.3, 0.4) is 0 Å². The Balaban J connectivity index is 2.10. The zero-order chi connectivity index (χ0) is 14.7. The van der Waals surface area contributed by atoms with Gasteiger partial charge in [-0.15, -0.1) is 0 Å². The Labute approximate surface area is 115 Å². The number of carbonyl (C=O) groups excluding carboxylic acids is 1. The highest BCUT2D eigenvalue weighted by molar-refractivity contribution is 5.95. The van der Waals surface area contributed by atoms with Gasteiger partial charge in [0.05, 0.1) is 17.4 Å². The molecule has 108 valence electrons. The van der Waals surface area contributed by atoms with Crippen molar-refractivity contribution in [3.8, 4) is 0 Å². The first kappa shape index (κ1) is 14.5. The second-order valence-corrected chi connectivity index (χ2v) is 4.89. The van der Waals surface area contributed by atoms with Crippen LogP contribution in [0.5, 0.6) is 0 Å². The van der Waals surface area contributed by atoms with Crippen molar-refractivity contribution >= 4 is 17.6 Å². The summed E-state index contributed by atoms with van der Waals surface area (Å²) < 4.78 is 19.0. The summed E-state index contributed by atoms with van der Waals surface area (Å²) in [5.41, 5.74) is -0.170. The standard InChI is InChI=1S/C14H16FNO4/c1-8-6-9(4-5-20-8)13(17)16-12-7-10(14(18)19)2-3-11(12)15/h2-3,7-9H,4-6H2,1H3,(H,16,17)(H,18,19)/t8-,9+/m1/s1. The third kappa shape index (κ3) is 3.33. The maximum absolute atomic E-state index is 13.6. The largest absolute Gasteiger partial charge is 0.478 e. The van der Waals surface area contributed by atoms with Crippen molar-refractivity contribution < 1.29 is 23.8 Å². The molecule has 1 aliphatic rings. The number of aromatic carboxylic acids is 1. The number of halogens is 1. The Kier molecular flexibility index (Phi) is 4.34. The third-order valence-electron chi connectivity index (χ3n) is 3.33. The molecule has 1 amide bonds. The average molecular weight is 281 g/mol. The molecule has 0 bridgehead atoms. The highest BCUT2D eigenvalue weighted by Crippen LogP contribution is 2.23. The van der Waals surface area contributed by atoms with Crippen LogP contribution in [0.25, 0.3) is 0 Å². The summed E-state index contributed by atoms with van der Waals surface area (Å²) in [6.45, 7) is 2.38. The second-order valence-electron chi connectivity index (χ2n) is 4.89. The summed E-state index contributed by atoms with van der Waals surface area (Å²) in [6, 6.07) is 3.31. The predicted molar refractivity (Wildman–Crippen MR) is 70.1 cm³/mol. The van der Waals surface area contributed by atoms with Gasteiger partial charge < -0.3 is 15.2 Å². The molecule has 2 atom stereocenters. The molecular formula is C14H16FNO4. The summed E-state index contributed by atoms with van der Waals surface area (Å²) in [5, 5.41) is 11.3. The van der Waals surface area contributed by atoms with Gasteiger partial charge in [-0.05, 0) is 38.0 Å². The van der Waals surface area contributed by atoms with Crippen LogP contribution >= 0.6 is 0 Å². The Morgan fingerprint density at radius 2 is 2.20 bits per heavy atom. The second kappa shape index (κ2) is 6.00. The summed E-state index contributed by atoms with van der Waals surface area (Å²) in [6.07, 6.45) is 1.15. The molecule has 2 N–H and O–H groups in total. The molecular weight excluding hydrogens is 265 g/mol. The fraction of sp³-hybridized carbons (Fsp3) is 0.429. The van der Waals surface area contributed by atoms with Crippen molar-refractivity contribution in [2.45, 2.75) is 25.9 Å². The van der Waals surface area contributed by atoms with Gasteiger partial charge in [0.1, 0.15) is 5.82 Å². The minimum absolute atomic E-state index is 0.00491. The number of nitrogens with one attached hydrogen (secondary N) is 1. The number of hydrogen-bond donors (Lipinski definition) is 2. The summed E-state index contributed by atoms with van der Waals surface area (Å²) in [4.78, 5) is 22.9. The van der Waals surface area contributed by atoms with Gasteiger partial charge in [0.15, 0.2) is 0 Å². The molecule has 5 nitrogen and oxygen atoms in total. The van der Waals surface area contributed by atoms with Gasteiger partial charge in [-0.3, -0.25) is 4.79 Å². The minimum Gasteiger partial charge on any atom is -0.478 e. The molecule has 0 unspecified atom stereocenters. The first-order valence-electron chi connectivity index (χ1n) is 6.42. The molecule has 0 saturated carbocycles. The van der Waals surface area contributed by atoms with Gasteiger partial charge in [0.2, 0.25) is 5.91 Å². The number of amides is 1. The zero-order valence-corrected chi connectivity index (χ0v) is 11.1. The van der Waals surface area contributed by atoms with E-state index < -0.39 is 11.8 Å². The lowest BCUT2D eigenvalue weighted by Gasteiger charge is -2.26. The van der Waals surface area contributed by atoms with Crippen molar-refractivity contribution in [3.05, 3.63) is 29.6 Å². The highest BCUT2D eigenvalue weighted by atomic mass is 19.1. The number of carboxylic acid groups (broad SMARTS) is 1. The van der Waals surface area contributed by atoms with Crippen molar-refractivity contribution in [3.63, 3.8) is 0 Å². The molecule has 1 heterocycles. The van der Waals surface area contributed by atoms with E-state index in [9.17, 15) is 14.0 Å². The molecule has 1 saturated heterocycles. The number of carboxylic acids is 1. The van der Waals surface area contributed by atoms with E-state index in [0.29, 0.717) is 19.4 Å². The quantitative estimate of drug-likeness (QED) is 0.891. The van der Waals surface area contributed by atoms with E-state index in [1.54, 1.807) is 0 Å². The molecule has 1 aromatic rings. The van der Waals surface area contributed by atoms with Gasteiger partial charge >= 0.3 is 5.97 Å². The monoisotopic (exact) mass is 281 g/mol. The Bertz CT molecular complexity index is 532. The van der Waals surface area contributed by atoms with Gasteiger partial charge in [0.25, 0.3) is 0 Å². The molecule has 20 heavy (non-hydrogen) atoms. The summed E-state index contributed by atoms with van der Waals surface area (Å²) in [7, 11) is 0. The number of anilines is 1. The molecule has 0 spiro atoms. The summed E-state index contributed by atoms with van der Waals surface area (Å²) >= 11 is 0. The van der Waals surface area contributed by atoms with Crippen LogP contribution in [-0.2, 0) is 9.53 Å². The summed E-state index contributed by atoms with van der Waals surface area (Å²) in [5.74, 6) is -2.36. The Morgan fingerprint density at radius 3 is 2.85 bits per heavy atom. The van der Waals surface area contributed by atoms with Crippen molar-refractivity contribution in [1.29, 1.82) is 0 Å². The van der Waals surface area contributed by atoms with Crippen LogP contribution in [-0.4, -0.2) is 29.7 Å². The lowest BCUT2D eigenvalue weighted by molar-refractivity contribution is -0.124. The Morgan fingerprint density at radius 1 is 1.45 bits per heavy atom. The van der Waals surface area contributed by atoms with Gasteiger partial charge in [-0.1, -0.05) is 0 Å². The molecule has 1 aliphatic heterocycles. The lowest BCUT2D eigenvalue weighted by atomic mass is 9.95. The topological polar surface area (TPSA) is 75.6 Å². The van der Waals surface area contributed by atoms with E-state index in [2.05, 4.69) is 5.32 Å². The first-order chi connectivity index (χ1) is 9.47. The molecule has 0 radical (unpaired) electrons. The molecule has 1 aromatic carbocycles. The normalized spacial score (nSPS) is 22.3. The molecule has 1 fully saturated rings. The SMILES string of the molecule is C[C@@H]1C[C@@H](C(=O)Nc2cc(C(=O)O)ccc2F)CCO1. The van der Waals surface area contributed by atoms with Crippen LogP contribution in [0, 0.1) is 11.7 Å². The van der Waals surface area contributed by atoms with Crippen molar-refractivity contribution in [2.24, 2.45) is 5.92 Å². The van der Waals surface area contributed by atoms with Crippen LogP contribution in [0.15, 0.2) is 18.2 Å². The van der Waals surface area contributed by atoms with Gasteiger partial charge in [-0.2, -0.15) is 0 Å². The van der Waals surface area contributed by atoms with E-state index in [0.717, 1.165) is 18.2 Å². The fourth-order valence-electron chi connectivity index (χ4n) is 2.23. The van der Waals surface area contributed by atoms with E-state index in [4.69, 9.17) is 9.84 Å². The van der Waals surface area contributed by atoms with E-state index in [1.165, 1.54) is 0 Å². The molecule has 6 heteroatoms. The fourth-order valence-corrected chi connectivity index (χ4v) is 2.23. The van der Waals surface area contributed by atoms with Crippen molar-refractivity contribution in [1.82, 2.24) is 0 Å². The van der Waals surface area contributed by atoms with Gasteiger partial charge in [0, 0.05) is 12.5 Å². The number of rotatable bonds is 3. The highest BCUT2D eigenvalue weighted by Gasteiger charge is 2.26. The van der Waals surface area contributed by atoms with Crippen LogP contribution in [0.4, 0.5) is 10.1 Å². The van der Waals surface area contributed by atoms with E-state index in [-0.39, 0.29) is 29.2 Å². The average Bonchev–Trinajstić information content (AvgIpc) is 2.41. The maximum atomic E-state index is 13.6. The number of benzene rings is 1. The molecule has 2 rings (SSSR count).